The van der Waals surface area contributed by atoms with E-state index in [0.717, 1.165) is 9.47 Å². The average molecular weight is 589 g/mol. The van der Waals surface area contributed by atoms with Crippen LogP contribution in [0.15, 0.2) is 42.6 Å². The molecule has 2 aliphatic rings. The highest BCUT2D eigenvalue weighted by molar-refractivity contribution is 6.31. The van der Waals surface area contributed by atoms with Crippen molar-refractivity contribution in [1.82, 2.24) is 19.7 Å². The van der Waals surface area contributed by atoms with Crippen LogP contribution in [-0.2, 0) is 16.1 Å². The summed E-state index contributed by atoms with van der Waals surface area (Å²) in [4.78, 5) is 53.4. The van der Waals surface area contributed by atoms with Gasteiger partial charge in [-0.3, -0.25) is 14.2 Å². The van der Waals surface area contributed by atoms with Crippen molar-refractivity contribution in [2.24, 2.45) is 5.73 Å². The van der Waals surface area contributed by atoms with Gasteiger partial charge in [-0.1, -0.05) is 29.8 Å². The Kier molecular flexibility index (Phi) is 7.82. The number of nitrogens with one attached hydrogen (secondary N) is 2. The van der Waals surface area contributed by atoms with Crippen LogP contribution in [0.1, 0.15) is 22.3 Å². The number of carbonyl (C=O) groups excluding carboxylic acids is 4. The maximum atomic E-state index is 14.8. The molecule has 11 nitrogen and oxygen atoms in total. The molecule has 3 aromatic rings. The van der Waals surface area contributed by atoms with Gasteiger partial charge in [0.1, 0.15) is 18.0 Å². The lowest BCUT2D eigenvalue weighted by molar-refractivity contribution is -0.124. The first kappa shape index (κ1) is 28.3. The van der Waals surface area contributed by atoms with E-state index in [0.29, 0.717) is 24.0 Å². The van der Waals surface area contributed by atoms with Crippen molar-refractivity contribution in [1.29, 1.82) is 0 Å². The largest absolute Gasteiger partial charge is 0.378 e. The smallest absolute Gasteiger partial charge is 0.323 e. The van der Waals surface area contributed by atoms with Crippen LogP contribution in [-0.4, -0.2) is 83.3 Å². The first-order chi connectivity index (χ1) is 19.6. The van der Waals surface area contributed by atoms with E-state index in [2.05, 4.69) is 10.6 Å². The van der Waals surface area contributed by atoms with Gasteiger partial charge < -0.3 is 30.9 Å². The van der Waals surface area contributed by atoms with E-state index in [9.17, 15) is 28.0 Å². The quantitative estimate of drug-likeness (QED) is 0.406. The van der Waals surface area contributed by atoms with Gasteiger partial charge in [0.05, 0.1) is 28.9 Å². The number of para-hydroxylation sites is 1. The second-order valence-corrected chi connectivity index (χ2v) is 10.3. The van der Waals surface area contributed by atoms with Crippen molar-refractivity contribution in [2.45, 2.75) is 31.3 Å². The van der Waals surface area contributed by atoms with Crippen molar-refractivity contribution in [2.75, 3.05) is 32.1 Å². The van der Waals surface area contributed by atoms with Crippen molar-refractivity contribution in [3.8, 4) is 0 Å². The first-order valence-electron chi connectivity index (χ1n) is 12.8. The average Bonchev–Trinajstić information content (AvgIpc) is 3.49. The number of rotatable bonds is 6. The minimum absolute atomic E-state index is 0.0388. The van der Waals surface area contributed by atoms with E-state index in [1.54, 1.807) is 31.4 Å². The van der Waals surface area contributed by atoms with E-state index in [1.807, 2.05) is 0 Å². The summed E-state index contributed by atoms with van der Waals surface area (Å²) < 4.78 is 35.6. The summed E-state index contributed by atoms with van der Waals surface area (Å²) in [6.45, 7) is 0.0922. The molecule has 5 rings (SSSR count). The summed E-state index contributed by atoms with van der Waals surface area (Å²) in [7, 11) is 1.55. The molecule has 1 aromatic heterocycles. The summed E-state index contributed by atoms with van der Waals surface area (Å²) >= 11 is 6.03. The van der Waals surface area contributed by atoms with Crippen LogP contribution >= 0.6 is 11.6 Å². The number of halogens is 3. The number of methoxy groups -OCH3 is 1. The standard InChI is InChI=1S/C27H27ClF2N6O5/c1-41-17-11-34(12-17)25(38)14-6-15(23(30)19(28)7-14)9-32-24(37)22-8-16(29)10-36(22)27(40)33-20-13-35(26(31)39)21-5-3-2-4-18(20)21/h2-7,13,16-17,22H,8-12H2,1H3,(H2,31,39)(H,32,37)(H,33,40)/t16-,22+/m1/s1. The molecule has 2 aliphatic heterocycles. The van der Waals surface area contributed by atoms with Crippen LogP contribution in [0.2, 0.25) is 5.02 Å². The molecule has 0 saturated carbocycles. The van der Waals surface area contributed by atoms with Gasteiger partial charge in [0.15, 0.2) is 0 Å². The van der Waals surface area contributed by atoms with Crippen LogP contribution in [0.25, 0.3) is 10.9 Å². The Morgan fingerprint density at radius 1 is 1.15 bits per heavy atom. The highest BCUT2D eigenvalue weighted by atomic mass is 35.5. The van der Waals surface area contributed by atoms with Crippen molar-refractivity contribution in [3.05, 3.63) is 64.6 Å². The fraction of sp³-hybridized carbons (Fsp3) is 0.333. The maximum Gasteiger partial charge on any atom is 0.323 e. The molecule has 2 saturated heterocycles. The number of urea groups is 1. The van der Waals surface area contributed by atoms with Gasteiger partial charge in [-0.25, -0.2) is 18.4 Å². The first-order valence-corrected chi connectivity index (χ1v) is 13.1. The van der Waals surface area contributed by atoms with Gasteiger partial charge in [-0.15, -0.1) is 0 Å². The molecule has 2 fully saturated rings. The molecule has 2 aromatic carbocycles. The Morgan fingerprint density at radius 2 is 1.88 bits per heavy atom. The number of hydrogen-bond acceptors (Lipinski definition) is 5. The fourth-order valence-electron chi connectivity index (χ4n) is 5.04. The van der Waals surface area contributed by atoms with E-state index in [-0.39, 0.29) is 53.4 Å². The molecule has 0 aliphatic carbocycles. The highest BCUT2D eigenvalue weighted by Crippen LogP contribution is 2.28. The van der Waals surface area contributed by atoms with Gasteiger partial charge in [0, 0.05) is 55.9 Å². The zero-order valence-electron chi connectivity index (χ0n) is 21.9. The van der Waals surface area contributed by atoms with E-state index < -0.39 is 36.0 Å². The third-order valence-electron chi connectivity index (χ3n) is 7.28. The Morgan fingerprint density at radius 3 is 2.59 bits per heavy atom. The lowest BCUT2D eigenvalue weighted by Crippen LogP contribution is -2.54. The maximum absolute atomic E-state index is 14.8. The van der Waals surface area contributed by atoms with Gasteiger partial charge in [0.2, 0.25) is 5.91 Å². The predicted octanol–water partition coefficient (Wildman–Crippen LogP) is 3.09. The number of fused-ring (bicyclic) bond motifs is 1. The molecule has 0 spiro atoms. The molecule has 14 heteroatoms. The molecule has 5 amide bonds. The normalized spacial score (nSPS) is 18.8. The van der Waals surface area contributed by atoms with E-state index in [1.165, 1.54) is 23.2 Å². The molecule has 216 valence electrons. The van der Waals surface area contributed by atoms with Crippen molar-refractivity contribution >= 4 is 52.1 Å². The number of amides is 5. The summed E-state index contributed by atoms with van der Waals surface area (Å²) in [5.74, 6) is -1.88. The molecule has 41 heavy (non-hydrogen) atoms. The number of ether oxygens (including phenoxy) is 1. The summed E-state index contributed by atoms with van der Waals surface area (Å²) in [5.41, 5.74) is 6.25. The number of primary amides is 1. The number of nitrogens with two attached hydrogens (primary N) is 1. The second-order valence-electron chi connectivity index (χ2n) is 9.92. The van der Waals surface area contributed by atoms with Crippen molar-refractivity contribution in [3.63, 3.8) is 0 Å². The van der Waals surface area contributed by atoms with Crippen LogP contribution < -0.4 is 16.4 Å². The monoisotopic (exact) mass is 588 g/mol. The molecule has 0 radical (unpaired) electrons. The number of alkyl halides is 1. The van der Waals surface area contributed by atoms with Crippen LogP contribution in [0.3, 0.4) is 0 Å². The number of benzene rings is 2. The third kappa shape index (κ3) is 5.55. The van der Waals surface area contributed by atoms with Gasteiger partial charge in [0.25, 0.3) is 5.91 Å². The Hall–Kier alpha value is -4.23. The van der Waals surface area contributed by atoms with Gasteiger partial charge in [-0.05, 0) is 18.2 Å². The van der Waals surface area contributed by atoms with E-state index in [4.69, 9.17) is 22.1 Å². The molecular weight excluding hydrogens is 562 g/mol. The number of carbonyl (C=O) groups is 4. The van der Waals surface area contributed by atoms with Crippen LogP contribution in [0.4, 0.5) is 24.1 Å². The SMILES string of the molecule is COC1CN(C(=O)c2cc(Cl)c(F)c(CNC(=O)[C@@H]3C[C@@H](F)CN3C(=O)Nc3cn(C(N)=O)c4ccccc34)c2)C1. The topological polar surface area (TPSA) is 139 Å². The minimum atomic E-state index is -1.47. The Balaban J connectivity index is 1.28. The molecule has 0 unspecified atom stereocenters. The zero-order valence-corrected chi connectivity index (χ0v) is 22.7. The molecule has 4 N–H and O–H groups in total. The number of nitrogens with zero attached hydrogens (tertiary/aromatic N) is 3. The second kappa shape index (κ2) is 11.3. The third-order valence-corrected chi connectivity index (χ3v) is 7.55. The number of anilines is 1. The van der Waals surface area contributed by atoms with Crippen LogP contribution in [0.5, 0.6) is 0 Å². The lowest BCUT2D eigenvalue weighted by atomic mass is 10.1. The Bertz CT molecular complexity index is 1540. The minimum Gasteiger partial charge on any atom is -0.378 e. The van der Waals surface area contributed by atoms with Gasteiger partial charge in [-0.2, -0.15) is 0 Å². The number of aromatic nitrogens is 1. The molecular formula is C27H27ClF2N6O5. The van der Waals surface area contributed by atoms with Gasteiger partial charge >= 0.3 is 12.1 Å². The summed E-state index contributed by atoms with van der Waals surface area (Å²) in [6, 6.07) is 6.54. The van der Waals surface area contributed by atoms with Crippen molar-refractivity contribution < 1.29 is 32.7 Å². The molecule has 3 heterocycles. The number of hydrogen-bond donors (Lipinski definition) is 3. The summed E-state index contributed by atoms with van der Waals surface area (Å²) in [6.07, 6.45) is -0.455. The predicted molar refractivity (Wildman–Crippen MR) is 146 cm³/mol. The molecule has 2 atom stereocenters. The zero-order chi connectivity index (χ0) is 29.4. The highest BCUT2D eigenvalue weighted by Gasteiger charge is 2.40. The van der Waals surface area contributed by atoms with Crippen LogP contribution in [0, 0.1) is 5.82 Å². The van der Waals surface area contributed by atoms with E-state index >= 15 is 0 Å². The lowest BCUT2D eigenvalue weighted by Gasteiger charge is -2.38. The number of likely N-dealkylation sites (tertiary alicyclic amines) is 2. The fourth-order valence-corrected chi connectivity index (χ4v) is 5.28. The molecule has 0 bridgehead atoms. The summed E-state index contributed by atoms with van der Waals surface area (Å²) in [5, 5.41) is 5.40. The Labute approximate surface area is 238 Å².